The lowest BCUT2D eigenvalue weighted by molar-refractivity contribution is 0.0133. The van der Waals surface area contributed by atoms with E-state index in [1.807, 2.05) is 51.1 Å². The molecule has 0 spiro atoms. The Kier molecular flexibility index (Phi) is 8.96. The van der Waals surface area contributed by atoms with Crippen LogP contribution in [-0.2, 0) is 20.8 Å². The zero-order valence-corrected chi connectivity index (χ0v) is 20.6. The van der Waals surface area contributed by atoms with Gasteiger partial charge in [-0.05, 0) is 53.5 Å². The first kappa shape index (κ1) is 26.3. The van der Waals surface area contributed by atoms with Crippen LogP contribution in [0.15, 0.2) is 30.3 Å². The van der Waals surface area contributed by atoms with Crippen molar-refractivity contribution in [2.24, 2.45) is 0 Å². The Morgan fingerprint density at radius 2 is 1.67 bits per heavy atom. The molecule has 1 aromatic rings. The topological polar surface area (TPSA) is 97.4 Å². The number of hydrogen-bond donors (Lipinski definition) is 1. The molecule has 0 bridgehead atoms. The van der Waals surface area contributed by atoms with Gasteiger partial charge < -0.3 is 29.3 Å². The van der Waals surface area contributed by atoms with Gasteiger partial charge in [0.2, 0.25) is 0 Å². The molecule has 0 saturated carbocycles. The Morgan fingerprint density at radius 1 is 1.03 bits per heavy atom. The maximum absolute atomic E-state index is 12.9. The second-order valence-electron chi connectivity index (χ2n) is 10.0. The smallest absolute Gasteiger partial charge is 0.410 e. The first-order chi connectivity index (χ1) is 15.3. The van der Waals surface area contributed by atoms with Gasteiger partial charge in [-0.2, -0.15) is 0 Å². The number of alkyl carbamates (subject to hydrolysis) is 1. The van der Waals surface area contributed by atoms with E-state index in [9.17, 15) is 14.4 Å². The molecule has 1 heterocycles. The van der Waals surface area contributed by atoms with E-state index in [4.69, 9.17) is 14.2 Å². The highest BCUT2D eigenvalue weighted by molar-refractivity contribution is 5.71. The summed E-state index contributed by atoms with van der Waals surface area (Å²) in [6.07, 6.45) is -0.865. The molecule has 1 saturated heterocycles. The van der Waals surface area contributed by atoms with E-state index >= 15 is 0 Å². The average molecular weight is 464 g/mol. The Labute approximate surface area is 196 Å². The van der Waals surface area contributed by atoms with Crippen LogP contribution in [0.1, 0.15) is 53.5 Å². The number of benzene rings is 1. The number of ether oxygens (including phenoxy) is 3. The van der Waals surface area contributed by atoms with Crippen molar-refractivity contribution in [1.82, 2.24) is 15.1 Å². The molecule has 3 amide bonds. The minimum absolute atomic E-state index is 0.163. The number of amides is 3. The van der Waals surface area contributed by atoms with Crippen LogP contribution in [0.25, 0.3) is 0 Å². The van der Waals surface area contributed by atoms with Crippen molar-refractivity contribution in [3.8, 4) is 0 Å². The van der Waals surface area contributed by atoms with Gasteiger partial charge in [0.1, 0.15) is 17.8 Å². The second-order valence-corrected chi connectivity index (χ2v) is 10.0. The summed E-state index contributed by atoms with van der Waals surface area (Å²) in [7, 11) is 0. The van der Waals surface area contributed by atoms with Crippen LogP contribution in [0.5, 0.6) is 0 Å². The SMILES string of the molecule is CC(C)(C)OC(=O)N1CCC(N(CCNC(=O)OCc2ccccc2)C(=O)OC(C)(C)C)C1. The largest absolute Gasteiger partial charge is 0.445 e. The summed E-state index contributed by atoms with van der Waals surface area (Å²) in [4.78, 5) is 40.5. The van der Waals surface area contributed by atoms with Gasteiger partial charge in [-0.25, -0.2) is 14.4 Å². The highest BCUT2D eigenvalue weighted by atomic mass is 16.6. The third-order valence-corrected chi connectivity index (χ3v) is 4.72. The molecule has 184 valence electrons. The number of carbonyl (C=O) groups excluding carboxylic acids is 3. The maximum atomic E-state index is 12.9. The van der Waals surface area contributed by atoms with Crippen molar-refractivity contribution in [2.45, 2.75) is 71.8 Å². The van der Waals surface area contributed by atoms with Gasteiger partial charge in [-0.15, -0.1) is 0 Å². The Bertz CT molecular complexity index is 801. The number of rotatable bonds is 6. The first-order valence-electron chi connectivity index (χ1n) is 11.3. The van der Waals surface area contributed by atoms with Gasteiger partial charge in [0.05, 0.1) is 6.04 Å². The average Bonchev–Trinajstić information content (AvgIpc) is 3.18. The predicted molar refractivity (Wildman–Crippen MR) is 124 cm³/mol. The molecule has 1 unspecified atom stereocenters. The molecule has 33 heavy (non-hydrogen) atoms. The second kappa shape index (κ2) is 11.2. The van der Waals surface area contributed by atoms with Crippen LogP contribution in [0.4, 0.5) is 14.4 Å². The zero-order valence-electron chi connectivity index (χ0n) is 20.6. The number of likely N-dealkylation sites (tertiary alicyclic amines) is 1. The molecule has 2 rings (SSSR count). The molecule has 1 aliphatic heterocycles. The number of carbonyl (C=O) groups is 3. The van der Waals surface area contributed by atoms with Crippen LogP contribution in [0.3, 0.4) is 0 Å². The summed E-state index contributed by atoms with van der Waals surface area (Å²) in [5.74, 6) is 0. The van der Waals surface area contributed by atoms with E-state index in [1.54, 1.807) is 30.6 Å². The molecule has 1 aliphatic rings. The van der Waals surface area contributed by atoms with E-state index in [0.717, 1.165) is 5.56 Å². The van der Waals surface area contributed by atoms with Crippen LogP contribution < -0.4 is 5.32 Å². The van der Waals surface area contributed by atoms with Crippen molar-refractivity contribution < 1.29 is 28.6 Å². The number of nitrogens with one attached hydrogen (secondary N) is 1. The van der Waals surface area contributed by atoms with E-state index in [2.05, 4.69) is 5.32 Å². The molecule has 9 nitrogen and oxygen atoms in total. The molecule has 0 aliphatic carbocycles. The van der Waals surface area contributed by atoms with Crippen LogP contribution >= 0.6 is 0 Å². The van der Waals surface area contributed by atoms with Crippen LogP contribution in [0, 0.1) is 0 Å². The van der Waals surface area contributed by atoms with E-state index in [1.165, 1.54) is 0 Å². The van der Waals surface area contributed by atoms with Crippen molar-refractivity contribution in [3.05, 3.63) is 35.9 Å². The highest BCUT2D eigenvalue weighted by Crippen LogP contribution is 2.21. The van der Waals surface area contributed by atoms with Crippen molar-refractivity contribution in [1.29, 1.82) is 0 Å². The molecule has 9 heteroatoms. The van der Waals surface area contributed by atoms with Crippen LogP contribution in [-0.4, -0.2) is 71.5 Å². The fraction of sp³-hybridized carbons (Fsp3) is 0.625. The van der Waals surface area contributed by atoms with E-state index < -0.39 is 29.5 Å². The lowest BCUT2D eigenvalue weighted by atomic mass is 10.2. The standard InChI is InChI=1S/C24H37N3O6/c1-23(2,3)32-21(29)26-14-12-19(16-26)27(22(30)33-24(4,5)6)15-13-25-20(28)31-17-18-10-8-7-9-11-18/h7-11,19H,12-17H2,1-6H3,(H,25,28). The van der Waals surface area contributed by atoms with Gasteiger partial charge >= 0.3 is 18.3 Å². The molecule has 1 N–H and O–H groups in total. The number of hydrogen-bond acceptors (Lipinski definition) is 6. The fourth-order valence-electron chi connectivity index (χ4n) is 3.28. The lowest BCUT2D eigenvalue weighted by Gasteiger charge is -2.32. The monoisotopic (exact) mass is 463 g/mol. The molecule has 0 aromatic heterocycles. The number of nitrogens with zero attached hydrogens (tertiary/aromatic N) is 2. The molecule has 0 radical (unpaired) electrons. The van der Waals surface area contributed by atoms with Gasteiger partial charge in [-0.3, -0.25) is 0 Å². The normalized spacial score (nSPS) is 16.2. The van der Waals surface area contributed by atoms with Gasteiger partial charge in [0.15, 0.2) is 0 Å². The van der Waals surface area contributed by atoms with Crippen molar-refractivity contribution in [3.63, 3.8) is 0 Å². The van der Waals surface area contributed by atoms with Crippen molar-refractivity contribution >= 4 is 18.3 Å². The molecule has 1 atom stereocenters. The summed E-state index contributed by atoms with van der Waals surface area (Å²) in [5.41, 5.74) is -0.374. The minimum Gasteiger partial charge on any atom is -0.445 e. The maximum Gasteiger partial charge on any atom is 0.410 e. The van der Waals surface area contributed by atoms with Gasteiger partial charge in [0.25, 0.3) is 0 Å². The summed E-state index contributed by atoms with van der Waals surface area (Å²) < 4.78 is 16.2. The zero-order chi connectivity index (χ0) is 24.6. The van der Waals surface area contributed by atoms with E-state index in [-0.39, 0.29) is 25.7 Å². The highest BCUT2D eigenvalue weighted by Gasteiger charge is 2.36. The summed E-state index contributed by atoms with van der Waals surface area (Å²) in [6, 6.07) is 9.13. The predicted octanol–water partition coefficient (Wildman–Crippen LogP) is 4.16. The first-order valence-corrected chi connectivity index (χ1v) is 11.3. The quantitative estimate of drug-likeness (QED) is 0.636. The Balaban J connectivity index is 1.92. The Hall–Kier alpha value is -2.97. The summed E-state index contributed by atoms with van der Waals surface area (Å²) in [5, 5.41) is 2.67. The summed E-state index contributed by atoms with van der Waals surface area (Å²) >= 11 is 0. The third kappa shape index (κ3) is 9.59. The minimum atomic E-state index is -0.666. The van der Waals surface area contributed by atoms with Crippen LogP contribution in [0.2, 0.25) is 0 Å². The Morgan fingerprint density at radius 3 is 2.27 bits per heavy atom. The fourth-order valence-corrected chi connectivity index (χ4v) is 3.28. The van der Waals surface area contributed by atoms with Gasteiger partial charge in [-0.1, -0.05) is 30.3 Å². The molecular weight excluding hydrogens is 426 g/mol. The molecule has 1 aromatic carbocycles. The lowest BCUT2D eigenvalue weighted by Crippen LogP contribution is -2.48. The molecular formula is C24H37N3O6. The third-order valence-electron chi connectivity index (χ3n) is 4.72. The molecule has 1 fully saturated rings. The summed E-state index contributed by atoms with van der Waals surface area (Å²) in [6.45, 7) is 12.2. The van der Waals surface area contributed by atoms with Gasteiger partial charge in [0, 0.05) is 26.2 Å². The van der Waals surface area contributed by atoms with Crippen molar-refractivity contribution in [2.75, 3.05) is 26.2 Å². The van der Waals surface area contributed by atoms with E-state index in [0.29, 0.717) is 19.5 Å².